The predicted molar refractivity (Wildman–Crippen MR) is 101 cm³/mol. The summed E-state index contributed by atoms with van der Waals surface area (Å²) in [6, 6.07) is 2.97. The first-order chi connectivity index (χ1) is 12.3. The van der Waals surface area contributed by atoms with Crippen molar-refractivity contribution in [3.8, 4) is 11.5 Å². The summed E-state index contributed by atoms with van der Waals surface area (Å²) in [7, 11) is 0. The van der Waals surface area contributed by atoms with Gasteiger partial charge in [-0.05, 0) is 48.3 Å². The quantitative estimate of drug-likeness (QED) is 0.573. The van der Waals surface area contributed by atoms with Gasteiger partial charge in [0.2, 0.25) is 0 Å². The van der Waals surface area contributed by atoms with Crippen molar-refractivity contribution in [2.75, 3.05) is 6.54 Å². The van der Waals surface area contributed by atoms with Gasteiger partial charge >= 0.3 is 0 Å². The molecule has 0 radical (unpaired) electrons. The second-order valence-electron chi connectivity index (χ2n) is 6.13. The van der Waals surface area contributed by atoms with Crippen LogP contribution in [0, 0.1) is 5.82 Å². The van der Waals surface area contributed by atoms with E-state index in [2.05, 4.69) is 11.6 Å². The third-order valence-corrected chi connectivity index (χ3v) is 5.25. The summed E-state index contributed by atoms with van der Waals surface area (Å²) < 4.78 is 13.0. The average Bonchev–Trinajstić information content (AvgIpc) is 2.64. The molecular formula is C19H17Cl2FN2O2. The number of pyridine rings is 1. The molecule has 26 heavy (non-hydrogen) atoms. The van der Waals surface area contributed by atoms with E-state index in [9.17, 15) is 14.6 Å². The van der Waals surface area contributed by atoms with Gasteiger partial charge in [0.05, 0.1) is 21.9 Å². The maximum atomic E-state index is 13.0. The molecule has 0 atom stereocenters. The maximum Gasteiger partial charge on any atom is 0.178 e. The minimum atomic E-state index is -0.412. The van der Waals surface area contributed by atoms with Crippen LogP contribution < -0.4 is 0 Å². The van der Waals surface area contributed by atoms with Gasteiger partial charge in [0, 0.05) is 18.8 Å². The summed E-state index contributed by atoms with van der Waals surface area (Å²) in [6.45, 7) is 6.99. The molecule has 7 heteroatoms. The largest absolute Gasteiger partial charge is 0.503 e. The van der Waals surface area contributed by atoms with Crippen molar-refractivity contribution in [2.45, 2.75) is 19.9 Å². The lowest BCUT2D eigenvalue weighted by Crippen LogP contribution is -2.29. The number of hydrogen-bond acceptors (Lipinski definition) is 4. The number of hydrogen-bond donors (Lipinski definition) is 2. The van der Waals surface area contributed by atoms with E-state index in [0.29, 0.717) is 30.8 Å². The number of benzene rings is 1. The second kappa shape index (κ2) is 7.17. The molecule has 1 aliphatic heterocycles. The van der Waals surface area contributed by atoms with E-state index in [1.165, 1.54) is 12.3 Å². The molecule has 0 spiro atoms. The summed E-state index contributed by atoms with van der Waals surface area (Å²) in [5.41, 5.74) is 3.65. The van der Waals surface area contributed by atoms with Crippen LogP contribution in [0.15, 0.2) is 36.7 Å². The van der Waals surface area contributed by atoms with Crippen LogP contribution in [0.4, 0.5) is 4.39 Å². The fourth-order valence-corrected chi connectivity index (χ4v) is 3.53. The zero-order valence-corrected chi connectivity index (χ0v) is 15.6. The third kappa shape index (κ3) is 3.37. The van der Waals surface area contributed by atoms with Crippen LogP contribution in [0.3, 0.4) is 0 Å². The molecule has 0 saturated carbocycles. The van der Waals surface area contributed by atoms with Gasteiger partial charge in [-0.2, -0.15) is 0 Å². The zero-order valence-electron chi connectivity index (χ0n) is 14.1. The van der Waals surface area contributed by atoms with Crippen LogP contribution in [-0.4, -0.2) is 26.6 Å². The average molecular weight is 395 g/mol. The Balaban J connectivity index is 1.85. The van der Waals surface area contributed by atoms with Crippen LogP contribution in [0.2, 0.25) is 10.0 Å². The summed E-state index contributed by atoms with van der Waals surface area (Å²) in [4.78, 5) is 6.05. The van der Waals surface area contributed by atoms with Crippen molar-refractivity contribution in [1.82, 2.24) is 9.88 Å². The topological polar surface area (TPSA) is 56.6 Å². The molecule has 2 N–H and O–H groups in total. The van der Waals surface area contributed by atoms with Crippen LogP contribution in [-0.2, 0) is 13.0 Å². The smallest absolute Gasteiger partial charge is 0.178 e. The molecular weight excluding hydrogens is 378 g/mol. The molecule has 136 valence electrons. The Morgan fingerprint density at radius 2 is 1.88 bits per heavy atom. The number of rotatable bonds is 3. The predicted octanol–water partition coefficient (Wildman–Crippen LogP) is 4.91. The van der Waals surface area contributed by atoms with Crippen molar-refractivity contribution in [2.24, 2.45) is 0 Å². The summed E-state index contributed by atoms with van der Waals surface area (Å²) >= 11 is 12.3. The Morgan fingerprint density at radius 3 is 2.50 bits per heavy atom. The fourth-order valence-electron chi connectivity index (χ4n) is 2.97. The highest BCUT2D eigenvalue weighted by Crippen LogP contribution is 2.46. The first-order valence-corrected chi connectivity index (χ1v) is 8.70. The maximum absolute atomic E-state index is 13.0. The third-order valence-electron chi connectivity index (χ3n) is 4.44. The fraction of sp³-hybridized carbons (Fsp3) is 0.211. The Bertz CT molecular complexity index is 911. The van der Waals surface area contributed by atoms with E-state index >= 15 is 0 Å². The normalized spacial score (nSPS) is 14.3. The van der Waals surface area contributed by atoms with Crippen molar-refractivity contribution in [3.63, 3.8) is 0 Å². The Labute approximate surface area is 160 Å². The highest BCUT2D eigenvalue weighted by atomic mass is 35.5. The summed E-state index contributed by atoms with van der Waals surface area (Å²) in [5, 5.41) is 20.0. The lowest BCUT2D eigenvalue weighted by molar-refractivity contribution is 0.330. The molecule has 2 aromatic rings. The molecule has 1 aliphatic rings. The van der Waals surface area contributed by atoms with E-state index in [1.807, 2.05) is 17.9 Å². The first-order valence-electron chi connectivity index (χ1n) is 7.94. The van der Waals surface area contributed by atoms with Crippen LogP contribution in [0.25, 0.3) is 5.57 Å². The summed E-state index contributed by atoms with van der Waals surface area (Å²) in [5.74, 6) is -1.19. The van der Waals surface area contributed by atoms with Gasteiger partial charge in [0.25, 0.3) is 0 Å². The molecule has 4 nitrogen and oxygen atoms in total. The number of fused-ring (bicyclic) bond motifs is 1. The monoisotopic (exact) mass is 394 g/mol. The van der Waals surface area contributed by atoms with E-state index in [0.717, 1.165) is 16.8 Å². The number of aromatic nitrogens is 1. The zero-order chi connectivity index (χ0) is 19.0. The van der Waals surface area contributed by atoms with Crippen LogP contribution in [0.1, 0.15) is 23.7 Å². The van der Waals surface area contributed by atoms with E-state index in [-0.39, 0.29) is 21.6 Å². The minimum Gasteiger partial charge on any atom is -0.503 e. The van der Waals surface area contributed by atoms with Crippen molar-refractivity contribution < 1.29 is 14.6 Å². The number of phenolic OH excluding ortho intramolecular Hbond substituents is 2. The number of phenols is 2. The minimum absolute atomic E-state index is 0.0975. The molecule has 0 unspecified atom stereocenters. The molecule has 0 fully saturated rings. The highest BCUT2D eigenvalue weighted by molar-refractivity contribution is 6.36. The van der Waals surface area contributed by atoms with Crippen molar-refractivity contribution >= 4 is 28.8 Å². The first kappa shape index (κ1) is 18.5. The molecule has 0 saturated heterocycles. The molecule has 3 rings (SSSR count). The molecule has 0 amide bonds. The van der Waals surface area contributed by atoms with Gasteiger partial charge in [-0.25, -0.2) is 4.39 Å². The van der Waals surface area contributed by atoms with Gasteiger partial charge in [0.15, 0.2) is 11.5 Å². The Kier molecular flexibility index (Phi) is 5.12. The molecule has 1 aromatic heterocycles. The molecule has 0 aliphatic carbocycles. The lowest BCUT2D eigenvalue weighted by atomic mass is 9.97. The van der Waals surface area contributed by atoms with Crippen molar-refractivity contribution in [1.29, 1.82) is 0 Å². The molecule has 1 aromatic carbocycles. The van der Waals surface area contributed by atoms with Gasteiger partial charge in [-0.15, -0.1) is 0 Å². The van der Waals surface area contributed by atoms with Gasteiger partial charge in [0.1, 0.15) is 5.82 Å². The Morgan fingerprint density at radius 1 is 1.23 bits per heavy atom. The number of nitrogens with zero attached hydrogens (tertiary/aromatic N) is 2. The number of halogens is 3. The SMILES string of the molecule is C=C(/C=C(\C)c1ccc(F)cn1)N1CCc2c(Cl)c(O)c(O)c(Cl)c2C1. The van der Waals surface area contributed by atoms with Gasteiger partial charge < -0.3 is 15.1 Å². The Hall–Kier alpha value is -2.24. The van der Waals surface area contributed by atoms with Gasteiger partial charge in [-0.1, -0.05) is 29.8 Å². The standard InChI is InChI=1S/C19H17Cl2FN2O2/c1-10(15-4-3-12(22)8-23-15)7-11(2)24-6-5-13-14(9-24)17(21)19(26)18(25)16(13)20/h3-4,7-8,25-26H,2,5-6,9H2,1H3/b10-7+. The molecule has 0 bridgehead atoms. The van der Waals surface area contributed by atoms with E-state index < -0.39 is 5.75 Å². The van der Waals surface area contributed by atoms with Gasteiger partial charge in [-0.3, -0.25) is 4.98 Å². The van der Waals surface area contributed by atoms with E-state index in [4.69, 9.17) is 23.2 Å². The molecule has 2 heterocycles. The number of allylic oxidation sites excluding steroid dienone is 2. The van der Waals surface area contributed by atoms with Crippen LogP contribution in [0.5, 0.6) is 11.5 Å². The van der Waals surface area contributed by atoms with Crippen LogP contribution >= 0.6 is 23.2 Å². The lowest BCUT2D eigenvalue weighted by Gasteiger charge is -2.32. The summed E-state index contributed by atoms with van der Waals surface area (Å²) in [6.07, 6.45) is 3.59. The van der Waals surface area contributed by atoms with E-state index in [1.54, 1.807) is 6.07 Å². The second-order valence-corrected chi connectivity index (χ2v) is 6.89. The van der Waals surface area contributed by atoms with Crippen molar-refractivity contribution in [3.05, 3.63) is 69.4 Å². The number of aromatic hydroxyl groups is 2. The highest BCUT2D eigenvalue weighted by Gasteiger charge is 2.26.